The minimum Gasteiger partial charge on any atom is -0.383 e. The number of nitrogens with zero attached hydrogens (tertiary/aromatic N) is 6. The summed E-state index contributed by atoms with van der Waals surface area (Å²) in [6, 6.07) is 15.5. The van der Waals surface area contributed by atoms with Crippen molar-refractivity contribution >= 4 is 105 Å². The summed E-state index contributed by atoms with van der Waals surface area (Å²) in [6.07, 6.45) is -1.86. The van der Waals surface area contributed by atoms with Crippen molar-refractivity contribution in [2.75, 3.05) is 48.5 Å². The monoisotopic (exact) mass is 894 g/mol. The molecule has 0 amide bonds. The average Bonchev–Trinajstić information content (AvgIpc) is 3.13. The van der Waals surface area contributed by atoms with Crippen molar-refractivity contribution in [2.24, 2.45) is 0 Å². The molecular formula is C35H36Cl6N14O2. The van der Waals surface area contributed by atoms with Gasteiger partial charge in [0.15, 0.2) is 6.29 Å². The van der Waals surface area contributed by atoms with Crippen molar-refractivity contribution < 1.29 is 10.2 Å². The molecule has 0 fully saturated rings. The number of anilines is 6. The lowest BCUT2D eigenvalue weighted by Gasteiger charge is -2.14. The van der Waals surface area contributed by atoms with Gasteiger partial charge < -0.3 is 55.2 Å². The third kappa shape index (κ3) is 10.8. The van der Waals surface area contributed by atoms with Gasteiger partial charge in [0, 0.05) is 40.9 Å². The molecule has 22 heteroatoms. The Bertz CT molecular complexity index is 2280. The van der Waals surface area contributed by atoms with E-state index in [1.54, 1.807) is 56.6 Å². The molecule has 0 radical (unpaired) electrons. The van der Waals surface area contributed by atoms with Crippen LogP contribution in [-0.2, 0) is 13.1 Å². The van der Waals surface area contributed by atoms with Crippen LogP contribution in [0, 0.1) is 0 Å². The Labute approximate surface area is 356 Å². The molecule has 300 valence electrons. The highest BCUT2D eigenvalue weighted by Gasteiger charge is 2.22. The van der Waals surface area contributed by atoms with E-state index in [0.717, 1.165) is 0 Å². The molecule has 0 aliphatic heterocycles. The maximum Gasteiger partial charge on any atom is 0.222 e. The van der Waals surface area contributed by atoms with Crippen LogP contribution in [0.5, 0.6) is 0 Å². The fraction of sp³-hybridized carbons (Fsp3) is 0.143. The van der Waals surface area contributed by atoms with Crippen LogP contribution in [-0.4, -0.2) is 54.2 Å². The summed E-state index contributed by atoms with van der Waals surface area (Å²) in [6.45, 7) is 0.990. The van der Waals surface area contributed by atoms with Crippen molar-refractivity contribution in [1.82, 2.24) is 40.5 Å². The first kappa shape index (κ1) is 45.0. The summed E-state index contributed by atoms with van der Waals surface area (Å²) in [5.41, 5.74) is 38.8. The quantitative estimate of drug-likeness (QED) is 0.0753. The van der Waals surface area contributed by atoms with Crippen molar-refractivity contribution in [3.63, 3.8) is 0 Å². The zero-order valence-electron chi connectivity index (χ0n) is 30.0. The smallest absolute Gasteiger partial charge is 0.222 e. The Balaban J connectivity index is 0.000000189. The molecule has 0 saturated heterocycles. The van der Waals surface area contributed by atoms with Crippen molar-refractivity contribution in [1.29, 1.82) is 0 Å². The lowest BCUT2D eigenvalue weighted by molar-refractivity contribution is -0.0452. The molecule has 0 unspecified atom stereocenters. The Morgan fingerprint density at radius 3 is 1.14 bits per heavy atom. The third-order valence-corrected chi connectivity index (χ3v) is 10.1. The number of hydrogen-bond donors (Lipinski definition) is 10. The number of rotatable bonds is 8. The molecule has 0 atom stereocenters. The lowest BCUT2D eigenvalue weighted by Crippen LogP contribution is -2.13. The van der Waals surface area contributed by atoms with E-state index in [1.807, 2.05) is 12.1 Å². The molecule has 16 nitrogen and oxygen atoms in total. The summed E-state index contributed by atoms with van der Waals surface area (Å²) >= 11 is 36.5. The summed E-state index contributed by atoms with van der Waals surface area (Å²) in [5, 5.41) is 27.0. The standard InChI is InChI=1S/2C12H13Cl2N5.C11H10Cl2N4O2/c2*1-17-5-8-9(11(15)19-12(16)18-8)6-3-2-4-7(13)10(6)14;12-5-3-1-2-4(7(5)13)6-8(10(18)19)16-11(15)17-9(6)14/h2*2-4,17H,5H2,1H3,(H4,15,16,18,19);1-3,10,18-19H,(H4,14,15,16,17). The van der Waals surface area contributed by atoms with Crippen molar-refractivity contribution in [2.45, 2.75) is 19.4 Å². The van der Waals surface area contributed by atoms with E-state index in [-0.39, 0.29) is 51.6 Å². The van der Waals surface area contributed by atoms with Gasteiger partial charge in [-0.25, -0.2) is 15.0 Å². The van der Waals surface area contributed by atoms with Crippen LogP contribution in [0.2, 0.25) is 30.1 Å². The number of aliphatic hydroxyl groups is 2. The van der Waals surface area contributed by atoms with Crippen LogP contribution in [0.3, 0.4) is 0 Å². The van der Waals surface area contributed by atoms with E-state index in [0.29, 0.717) is 77.4 Å². The molecule has 0 spiro atoms. The van der Waals surface area contributed by atoms with E-state index in [9.17, 15) is 10.2 Å². The van der Waals surface area contributed by atoms with Crippen LogP contribution in [0.1, 0.15) is 23.4 Å². The van der Waals surface area contributed by atoms with E-state index < -0.39 is 6.29 Å². The number of nitrogen functional groups attached to an aromatic ring is 6. The van der Waals surface area contributed by atoms with Gasteiger partial charge in [-0.1, -0.05) is 106 Å². The fourth-order valence-electron chi connectivity index (χ4n) is 5.34. The number of benzene rings is 3. The number of halogens is 6. The summed E-state index contributed by atoms with van der Waals surface area (Å²) in [5.74, 6) is 0.639. The topological polar surface area (TPSA) is 298 Å². The lowest BCUT2D eigenvalue weighted by atomic mass is 10.0. The molecular weight excluding hydrogens is 861 g/mol. The van der Waals surface area contributed by atoms with Crippen molar-refractivity contribution in [3.05, 3.63) is 102 Å². The van der Waals surface area contributed by atoms with Crippen LogP contribution >= 0.6 is 69.6 Å². The van der Waals surface area contributed by atoms with E-state index in [2.05, 4.69) is 40.5 Å². The molecule has 6 aromatic rings. The minimum absolute atomic E-state index is 0.0141. The first-order valence-electron chi connectivity index (χ1n) is 16.3. The van der Waals surface area contributed by atoms with Gasteiger partial charge in [-0.15, -0.1) is 0 Å². The summed E-state index contributed by atoms with van der Waals surface area (Å²) in [4.78, 5) is 23.9. The highest BCUT2D eigenvalue weighted by Crippen LogP contribution is 2.40. The first-order chi connectivity index (χ1) is 27.0. The molecule has 0 saturated carbocycles. The Hall–Kier alpha value is -4.72. The second kappa shape index (κ2) is 20.1. The molecule has 16 N–H and O–H groups in total. The van der Waals surface area contributed by atoms with E-state index in [4.69, 9.17) is 104 Å². The molecule has 3 aromatic carbocycles. The zero-order chi connectivity index (χ0) is 42.1. The van der Waals surface area contributed by atoms with Gasteiger partial charge in [0.1, 0.15) is 23.1 Å². The van der Waals surface area contributed by atoms with Gasteiger partial charge in [-0.3, -0.25) is 0 Å². The van der Waals surface area contributed by atoms with E-state index >= 15 is 0 Å². The average molecular weight is 897 g/mol. The second-order valence-electron chi connectivity index (χ2n) is 11.5. The number of aromatic nitrogens is 6. The first-order valence-corrected chi connectivity index (χ1v) is 18.5. The zero-order valence-corrected chi connectivity index (χ0v) is 34.5. The maximum absolute atomic E-state index is 9.35. The Morgan fingerprint density at radius 1 is 0.491 bits per heavy atom. The summed E-state index contributed by atoms with van der Waals surface area (Å²) < 4.78 is 0. The van der Waals surface area contributed by atoms with Gasteiger partial charge >= 0.3 is 0 Å². The minimum atomic E-state index is -1.86. The molecule has 0 aliphatic rings. The van der Waals surface area contributed by atoms with Gasteiger partial charge in [-0.2, -0.15) is 15.0 Å². The van der Waals surface area contributed by atoms with E-state index in [1.165, 1.54) is 0 Å². The number of aliphatic hydroxyl groups excluding tert-OH is 1. The van der Waals surface area contributed by atoms with Crippen LogP contribution in [0.15, 0.2) is 54.6 Å². The van der Waals surface area contributed by atoms with Crippen molar-refractivity contribution in [3.8, 4) is 33.4 Å². The molecule has 3 heterocycles. The maximum atomic E-state index is 9.35. The predicted molar refractivity (Wildman–Crippen MR) is 232 cm³/mol. The number of hydrogen-bond acceptors (Lipinski definition) is 16. The van der Waals surface area contributed by atoms with Crippen LogP contribution in [0.25, 0.3) is 33.4 Å². The van der Waals surface area contributed by atoms with Gasteiger partial charge in [-0.05, 0) is 32.3 Å². The van der Waals surface area contributed by atoms with Gasteiger partial charge in [0.2, 0.25) is 17.8 Å². The Kier molecular flexibility index (Phi) is 15.9. The highest BCUT2D eigenvalue weighted by molar-refractivity contribution is 6.45. The molecule has 0 aliphatic carbocycles. The van der Waals surface area contributed by atoms with Crippen LogP contribution < -0.4 is 45.0 Å². The molecule has 6 rings (SSSR count). The Morgan fingerprint density at radius 2 is 0.807 bits per heavy atom. The predicted octanol–water partition coefficient (Wildman–Crippen LogP) is 6.27. The highest BCUT2D eigenvalue weighted by atomic mass is 35.5. The van der Waals surface area contributed by atoms with Gasteiger partial charge in [0.25, 0.3) is 0 Å². The molecule has 3 aromatic heterocycles. The fourth-order valence-corrected chi connectivity index (χ4v) is 6.52. The third-order valence-electron chi connectivity index (χ3n) is 7.64. The van der Waals surface area contributed by atoms with Crippen LogP contribution in [0.4, 0.5) is 35.3 Å². The largest absolute Gasteiger partial charge is 0.383 e. The summed E-state index contributed by atoms with van der Waals surface area (Å²) in [7, 11) is 3.61. The second-order valence-corrected chi connectivity index (χ2v) is 13.9. The normalized spacial score (nSPS) is 10.8. The number of nitrogens with one attached hydrogen (secondary N) is 2. The van der Waals surface area contributed by atoms with Gasteiger partial charge in [0.05, 0.1) is 47.1 Å². The number of nitrogens with two attached hydrogens (primary N) is 6. The molecule has 57 heavy (non-hydrogen) atoms. The SMILES string of the molecule is CNCc1nc(N)nc(N)c1-c1cccc(Cl)c1Cl.CNCc1nc(N)nc(N)c1-c1cccc(Cl)c1Cl.Nc1nc(N)c(-c2cccc(Cl)c2Cl)c(C(O)O)n1. The molecule has 0 bridgehead atoms.